The van der Waals surface area contributed by atoms with E-state index in [1.165, 1.54) is 12.1 Å². The molecule has 0 aliphatic rings. The number of likely N-dealkylation sites (N-methyl/N-ethyl adjacent to an activating group) is 1. The fourth-order valence-electron chi connectivity index (χ4n) is 1.88. The van der Waals surface area contributed by atoms with Crippen molar-refractivity contribution >= 4 is 34.8 Å². The van der Waals surface area contributed by atoms with E-state index in [-0.39, 0.29) is 16.0 Å². The van der Waals surface area contributed by atoms with Crippen LogP contribution in [0, 0.1) is 0 Å². The molecule has 1 amide bonds. The lowest BCUT2D eigenvalue weighted by Crippen LogP contribution is -2.29. The number of hydrogen-bond donors (Lipinski definition) is 1. The second kappa shape index (κ2) is 6.78. The highest BCUT2D eigenvalue weighted by molar-refractivity contribution is 6.43. The molecule has 1 aromatic heterocycles. The Labute approximate surface area is 133 Å². The van der Waals surface area contributed by atoms with E-state index in [1.54, 1.807) is 18.1 Å². The van der Waals surface area contributed by atoms with Crippen LogP contribution in [-0.4, -0.2) is 29.4 Å². The summed E-state index contributed by atoms with van der Waals surface area (Å²) in [5, 5.41) is 0.544. The Hall–Kier alpha value is -1.78. The summed E-state index contributed by atoms with van der Waals surface area (Å²) in [5.41, 5.74) is 7.38. The van der Waals surface area contributed by atoms with Crippen LogP contribution >= 0.6 is 23.2 Å². The molecule has 2 rings (SSSR count). The molecule has 0 aliphatic heterocycles. The molecule has 0 fully saturated rings. The summed E-state index contributed by atoms with van der Waals surface area (Å²) in [6.45, 7) is 0.552. The molecule has 2 aromatic rings. The van der Waals surface area contributed by atoms with Gasteiger partial charge < -0.3 is 10.6 Å². The van der Waals surface area contributed by atoms with Crippen molar-refractivity contribution in [2.45, 2.75) is 6.42 Å². The van der Waals surface area contributed by atoms with Gasteiger partial charge in [-0.3, -0.25) is 9.78 Å². The predicted octanol–water partition coefficient (Wildman–Crippen LogP) is 3.29. The molecule has 0 aliphatic carbocycles. The highest BCUT2D eigenvalue weighted by Crippen LogP contribution is 2.29. The maximum Gasteiger partial charge on any atom is 0.253 e. The largest absolute Gasteiger partial charge is 0.397 e. The van der Waals surface area contributed by atoms with Gasteiger partial charge in [-0.1, -0.05) is 29.3 Å². The number of anilines is 1. The lowest BCUT2D eigenvalue weighted by molar-refractivity contribution is 0.0796. The Kier molecular flexibility index (Phi) is 5.04. The number of halogens is 2. The number of pyridine rings is 1. The van der Waals surface area contributed by atoms with Gasteiger partial charge in [0.05, 0.1) is 15.7 Å². The van der Waals surface area contributed by atoms with Crippen LogP contribution in [-0.2, 0) is 6.42 Å². The second-order valence-corrected chi connectivity index (χ2v) is 5.44. The van der Waals surface area contributed by atoms with E-state index in [0.29, 0.717) is 24.2 Å². The molecule has 6 heteroatoms. The van der Waals surface area contributed by atoms with Gasteiger partial charge >= 0.3 is 0 Å². The second-order valence-electron chi connectivity index (χ2n) is 4.66. The first-order valence-electron chi connectivity index (χ1n) is 6.39. The lowest BCUT2D eigenvalue weighted by Gasteiger charge is -2.17. The van der Waals surface area contributed by atoms with Gasteiger partial charge in [-0.2, -0.15) is 0 Å². The van der Waals surface area contributed by atoms with E-state index < -0.39 is 0 Å². The van der Waals surface area contributed by atoms with E-state index >= 15 is 0 Å². The molecule has 1 heterocycles. The van der Waals surface area contributed by atoms with E-state index in [0.717, 1.165) is 5.69 Å². The van der Waals surface area contributed by atoms with Crippen LogP contribution in [0.2, 0.25) is 10.0 Å². The molecular formula is C15H15Cl2N3O. The average Bonchev–Trinajstić information content (AvgIpc) is 2.50. The number of nitrogens with zero attached hydrogens (tertiary/aromatic N) is 2. The molecule has 0 spiro atoms. The number of nitrogen functional groups attached to an aromatic ring is 1. The number of rotatable bonds is 4. The molecular weight excluding hydrogens is 309 g/mol. The minimum atomic E-state index is -0.156. The molecule has 0 atom stereocenters. The summed E-state index contributed by atoms with van der Waals surface area (Å²) in [4.78, 5) is 18.2. The van der Waals surface area contributed by atoms with Crippen molar-refractivity contribution in [2.24, 2.45) is 0 Å². The van der Waals surface area contributed by atoms with Crippen molar-refractivity contribution in [3.63, 3.8) is 0 Å². The number of benzene rings is 1. The quantitative estimate of drug-likeness (QED) is 0.878. The van der Waals surface area contributed by atoms with E-state index in [2.05, 4.69) is 4.98 Å². The standard InChI is InChI=1S/C15H15Cl2N3O/c1-20(7-5-11-4-2-3-6-19-11)15(21)10-8-12(16)14(17)13(18)9-10/h2-4,6,8-9H,5,7,18H2,1H3. The third-order valence-electron chi connectivity index (χ3n) is 3.08. The van der Waals surface area contributed by atoms with Crippen LogP contribution in [0.5, 0.6) is 0 Å². The fraction of sp³-hybridized carbons (Fsp3) is 0.200. The van der Waals surface area contributed by atoms with Crippen molar-refractivity contribution in [1.29, 1.82) is 0 Å². The zero-order chi connectivity index (χ0) is 15.4. The van der Waals surface area contributed by atoms with Gasteiger partial charge in [0.15, 0.2) is 0 Å². The molecule has 0 saturated heterocycles. The van der Waals surface area contributed by atoms with Crippen LogP contribution in [0.15, 0.2) is 36.5 Å². The number of carbonyl (C=O) groups is 1. The Morgan fingerprint density at radius 3 is 2.71 bits per heavy atom. The SMILES string of the molecule is CN(CCc1ccccn1)C(=O)c1cc(N)c(Cl)c(Cl)c1. The smallest absolute Gasteiger partial charge is 0.253 e. The summed E-state index contributed by atoms with van der Waals surface area (Å²) in [6.07, 6.45) is 2.41. The highest BCUT2D eigenvalue weighted by atomic mass is 35.5. The Bertz CT molecular complexity index is 624. The predicted molar refractivity (Wildman–Crippen MR) is 85.8 cm³/mol. The van der Waals surface area contributed by atoms with E-state index in [4.69, 9.17) is 28.9 Å². The van der Waals surface area contributed by atoms with E-state index in [1.807, 2.05) is 18.2 Å². The summed E-state index contributed by atoms with van der Waals surface area (Å²) in [6, 6.07) is 8.77. The van der Waals surface area contributed by atoms with Crippen molar-refractivity contribution < 1.29 is 4.79 Å². The van der Waals surface area contributed by atoms with Gasteiger partial charge in [-0.15, -0.1) is 0 Å². The van der Waals surface area contributed by atoms with Crippen molar-refractivity contribution in [2.75, 3.05) is 19.3 Å². The van der Waals surface area contributed by atoms with Crippen molar-refractivity contribution in [3.8, 4) is 0 Å². The third kappa shape index (κ3) is 3.86. The maximum absolute atomic E-state index is 12.3. The minimum Gasteiger partial charge on any atom is -0.397 e. The van der Waals surface area contributed by atoms with Crippen LogP contribution < -0.4 is 5.73 Å². The molecule has 1 aromatic carbocycles. The number of amides is 1. The Morgan fingerprint density at radius 1 is 1.33 bits per heavy atom. The zero-order valence-corrected chi connectivity index (χ0v) is 13.0. The molecule has 110 valence electrons. The van der Waals surface area contributed by atoms with Gasteiger partial charge in [0.2, 0.25) is 0 Å². The zero-order valence-electron chi connectivity index (χ0n) is 11.5. The van der Waals surface area contributed by atoms with Gasteiger partial charge in [0.1, 0.15) is 0 Å². The number of aromatic nitrogens is 1. The van der Waals surface area contributed by atoms with Gasteiger partial charge in [-0.25, -0.2) is 0 Å². The monoisotopic (exact) mass is 323 g/mol. The minimum absolute atomic E-state index is 0.156. The summed E-state index contributed by atoms with van der Waals surface area (Å²) >= 11 is 11.8. The van der Waals surface area contributed by atoms with Crippen LogP contribution in [0.1, 0.15) is 16.1 Å². The Balaban J connectivity index is 2.06. The molecule has 21 heavy (non-hydrogen) atoms. The van der Waals surface area contributed by atoms with Crippen molar-refractivity contribution in [3.05, 3.63) is 57.8 Å². The van der Waals surface area contributed by atoms with Gasteiger partial charge in [0, 0.05) is 37.5 Å². The average molecular weight is 324 g/mol. The first-order chi connectivity index (χ1) is 9.99. The molecule has 0 saturated carbocycles. The number of hydrogen-bond acceptors (Lipinski definition) is 3. The van der Waals surface area contributed by atoms with Gasteiger partial charge in [-0.05, 0) is 24.3 Å². The van der Waals surface area contributed by atoms with Crippen LogP contribution in [0.3, 0.4) is 0 Å². The first kappa shape index (κ1) is 15.6. The normalized spacial score (nSPS) is 10.4. The first-order valence-corrected chi connectivity index (χ1v) is 7.14. The van der Waals surface area contributed by atoms with Crippen molar-refractivity contribution in [1.82, 2.24) is 9.88 Å². The topological polar surface area (TPSA) is 59.2 Å². The molecule has 2 N–H and O–H groups in total. The fourth-order valence-corrected chi connectivity index (χ4v) is 2.22. The highest BCUT2D eigenvalue weighted by Gasteiger charge is 2.15. The Morgan fingerprint density at radius 2 is 2.10 bits per heavy atom. The summed E-state index contributed by atoms with van der Waals surface area (Å²) in [5.74, 6) is -0.156. The third-order valence-corrected chi connectivity index (χ3v) is 3.90. The number of carbonyl (C=O) groups excluding carboxylic acids is 1. The summed E-state index contributed by atoms with van der Waals surface area (Å²) < 4.78 is 0. The maximum atomic E-state index is 12.3. The van der Waals surface area contributed by atoms with Crippen LogP contribution in [0.4, 0.5) is 5.69 Å². The number of nitrogens with two attached hydrogens (primary N) is 1. The lowest BCUT2D eigenvalue weighted by atomic mass is 10.1. The molecule has 0 radical (unpaired) electrons. The van der Waals surface area contributed by atoms with E-state index in [9.17, 15) is 4.79 Å². The van der Waals surface area contributed by atoms with Gasteiger partial charge in [0.25, 0.3) is 5.91 Å². The molecule has 4 nitrogen and oxygen atoms in total. The molecule has 0 unspecified atom stereocenters. The molecule has 0 bridgehead atoms. The van der Waals surface area contributed by atoms with Crippen LogP contribution in [0.25, 0.3) is 0 Å². The summed E-state index contributed by atoms with van der Waals surface area (Å²) in [7, 11) is 1.73.